The van der Waals surface area contributed by atoms with Crippen LogP contribution in [0.25, 0.3) is 0 Å². The molecule has 5 nitrogen and oxygen atoms in total. The van der Waals surface area contributed by atoms with Gasteiger partial charge in [0.05, 0.1) is 23.1 Å². The number of benzene rings is 1. The van der Waals surface area contributed by atoms with Crippen LogP contribution in [0, 0.1) is 5.92 Å². The van der Waals surface area contributed by atoms with Crippen molar-refractivity contribution in [2.75, 3.05) is 11.5 Å². The Morgan fingerprint density at radius 1 is 1.35 bits per heavy atom. The lowest BCUT2D eigenvalue weighted by atomic mass is 10.1. The van der Waals surface area contributed by atoms with Crippen LogP contribution in [-0.2, 0) is 14.6 Å². The highest BCUT2D eigenvalue weighted by Gasteiger charge is 2.32. The molecule has 1 aromatic carbocycles. The number of halogens is 1. The number of carbonyl (C=O) groups is 1. The Morgan fingerprint density at radius 3 is 2.55 bits per heavy atom. The first-order chi connectivity index (χ1) is 9.37. The number of hydrogen-bond donors (Lipinski definition) is 1. The zero-order valence-electron chi connectivity index (χ0n) is 11.0. The second-order valence-corrected chi connectivity index (χ2v) is 7.92. The number of sulfone groups is 1. The van der Waals surface area contributed by atoms with Crippen molar-refractivity contribution < 1.29 is 13.2 Å². The molecule has 20 heavy (non-hydrogen) atoms. The quantitative estimate of drug-likeness (QED) is 0.660. The Balaban J connectivity index is 1.98. The van der Waals surface area contributed by atoms with Gasteiger partial charge in [0, 0.05) is 4.47 Å². The molecule has 108 valence electrons. The highest BCUT2D eigenvalue weighted by molar-refractivity contribution is 9.10. The second kappa shape index (κ2) is 6.05. The van der Waals surface area contributed by atoms with Crippen molar-refractivity contribution in [2.24, 2.45) is 11.0 Å². The minimum atomic E-state index is -3.05. The summed E-state index contributed by atoms with van der Waals surface area (Å²) in [6, 6.07) is 7.55. The maximum Gasteiger partial charge on any atom is 0.244 e. The Kier molecular flexibility index (Phi) is 4.59. The van der Waals surface area contributed by atoms with Crippen molar-refractivity contribution in [3.05, 3.63) is 34.3 Å². The van der Waals surface area contributed by atoms with Crippen LogP contribution in [0.2, 0.25) is 0 Å². The summed E-state index contributed by atoms with van der Waals surface area (Å²) in [6.45, 7) is 1.79. The third-order valence-corrected chi connectivity index (χ3v) is 5.50. The van der Waals surface area contributed by atoms with Gasteiger partial charge in [0.1, 0.15) is 0 Å². The zero-order chi connectivity index (χ0) is 14.8. The summed E-state index contributed by atoms with van der Waals surface area (Å²) in [5.74, 6) is -0.810. The van der Waals surface area contributed by atoms with Crippen molar-refractivity contribution in [1.82, 2.24) is 5.43 Å². The normalized spacial score (nSPS) is 21.7. The number of amides is 1. The molecule has 0 aliphatic carbocycles. The maximum atomic E-state index is 11.8. The monoisotopic (exact) mass is 358 g/mol. The van der Waals surface area contributed by atoms with Crippen LogP contribution >= 0.6 is 15.9 Å². The molecular weight excluding hydrogens is 344 g/mol. The van der Waals surface area contributed by atoms with Crippen molar-refractivity contribution in [1.29, 1.82) is 0 Å². The standard InChI is InChI=1S/C13H15BrN2O3S/c1-9(10-2-4-12(14)5-3-10)15-16-13(17)11-6-7-20(18,19)8-11/h2-5,11H,6-8H2,1H3,(H,16,17)/b15-9-/t11-/m1/s1. The van der Waals surface area contributed by atoms with E-state index in [0.29, 0.717) is 12.1 Å². The number of carbonyl (C=O) groups excluding carboxylic acids is 1. The lowest BCUT2D eigenvalue weighted by molar-refractivity contribution is -0.124. The van der Waals surface area contributed by atoms with Crippen LogP contribution < -0.4 is 5.43 Å². The van der Waals surface area contributed by atoms with E-state index in [1.165, 1.54) is 0 Å². The highest BCUT2D eigenvalue weighted by Crippen LogP contribution is 2.18. The van der Waals surface area contributed by atoms with E-state index in [2.05, 4.69) is 26.5 Å². The van der Waals surface area contributed by atoms with Crippen LogP contribution in [0.4, 0.5) is 0 Å². The van der Waals surface area contributed by atoms with Gasteiger partial charge in [-0.1, -0.05) is 28.1 Å². The van der Waals surface area contributed by atoms with Gasteiger partial charge in [0.25, 0.3) is 0 Å². The molecule has 0 bridgehead atoms. The van der Waals surface area contributed by atoms with Crippen LogP contribution in [0.15, 0.2) is 33.8 Å². The zero-order valence-corrected chi connectivity index (χ0v) is 13.4. The summed E-state index contributed by atoms with van der Waals surface area (Å²) >= 11 is 3.35. The molecule has 0 aromatic heterocycles. The predicted molar refractivity (Wildman–Crippen MR) is 81.3 cm³/mol. The Labute approximate surface area is 126 Å². The van der Waals surface area contributed by atoms with Crippen molar-refractivity contribution in [2.45, 2.75) is 13.3 Å². The fourth-order valence-corrected chi connectivity index (χ4v) is 3.99. The topological polar surface area (TPSA) is 75.6 Å². The predicted octanol–water partition coefficient (Wildman–Crippen LogP) is 1.72. The summed E-state index contributed by atoms with van der Waals surface area (Å²) in [5, 5.41) is 4.02. The third-order valence-electron chi connectivity index (χ3n) is 3.20. The lowest BCUT2D eigenvalue weighted by Gasteiger charge is -2.06. The van der Waals surface area contributed by atoms with Gasteiger partial charge in [0.15, 0.2) is 9.84 Å². The third kappa shape index (κ3) is 3.89. The SMILES string of the molecule is C/C(=N/NC(=O)[C@@H]1CCS(=O)(=O)C1)c1ccc(Br)cc1. The summed E-state index contributed by atoms with van der Waals surface area (Å²) in [6.07, 6.45) is 0.376. The minimum absolute atomic E-state index is 0.0777. The molecule has 1 amide bonds. The van der Waals surface area contributed by atoms with Crippen LogP contribution in [-0.4, -0.2) is 31.5 Å². The smallest absolute Gasteiger partial charge is 0.244 e. The van der Waals surface area contributed by atoms with Gasteiger partial charge in [-0.25, -0.2) is 13.8 Å². The van der Waals surface area contributed by atoms with E-state index in [1.807, 2.05) is 24.3 Å². The Hall–Kier alpha value is -1.21. The molecule has 1 aliphatic heterocycles. The van der Waals surface area contributed by atoms with Crippen molar-refractivity contribution >= 4 is 37.4 Å². The molecule has 1 N–H and O–H groups in total. The first-order valence-corrected chi connectivity index (χ1v) is 8.79. The summed E-state index contributed by atoms with van der Waals surface area (Å²) in [5.41, 5.74) is 4.02. The maximum absolute atomic E-state index is 11.8. The largest absolute Gasteiger partial charge is 0.273 e. The fourth-order valence-electron chi connectivity index (χ4n) is 1.99. The van der Waals surface area contributed by atoms with Gasteiger partial charge in [-0.3, -0.25) is 4.79 Å². The van der Waals surface area contributed by atoms with Gasteiger partial charge in [-0.2, -0.15) is 5.10 Å². The van der Waals surface area contributed by atoms with Gasteiger partial charge in [-0.05, 0) is 31.0 Å². The molecular formula is C13H15BrN2O3S. The molecule has 0 radical (unpaired) electrons. The molecule has 1 heterocycles. The van der Waals surface area contributed by atoms with Crippen LogP contribution in [0.1, 0.15) is 18.9 Å². The van der Waals surface area contributed by atoms with E-state index in [1.54, 1.807) is 6.92 Å². The average Bonchev–Trinajstić information content (AvgIpc) is 2.77. The van der Waals surface area contributed by atoms with E-state index in [-0.39, 0.29) is 17.4 Å². The van der Waals surface area contributed by atoms with Gasteiger partial charge >= 0.3 is 0 Å². The number of rotatable bonds is 3. The molecule has 0 unspecified atom stereocenters. The number of hydrogen-bond acceptors (Lipinski definition) is 4. The fraction of sp³-hybridized carbons (Fsp3) is 0.385. The highest BCUT2D eigenvalue weighted by atomic mass is 79.9. The molecule has 1 fully saturated rings. The Morgan fingerprint density at radius 2 is 2.00 bits per heavy atom. The van der Waals surface area contributed by atoms with Crippen molar-refractivity contribution in [3.8, 4) is 0 Å². The molecule has 2 rings (SSSR count). The molecule has 1 aromatic rings. The van der Waals surface area contributed by atoms with E-state index < -0.39 is 15.8 Å². The van der Waals surface area contributed by atoms with E-state index in [9.17, 15) is 13.2 Å². The first-order valence-electron chi connectivity index (χ1n) is 6.18. The lowest BCUT2D eigenvalue weighted by Crippen LogP contribution is -2.28. The molecule has 1 atom stereocenters. The summed E-state index contributed by atoms with van der Waals surface area (Å²) < 4.78 is 23.6. The molecule has 0 spiro atoms. The molecule has 1 saturated heterocycles. The summed E-state index contributed by atoms with van der Waals surface area (Å²) in [4.78, 5) is 11.8. The minimum Gasteiger partial charge on any atom is -0.273 e. The molecule has 1 aliphatic rings. The molecule has 0 saturated carbocycles. The number of nitrogens with zero attached hydrogens (tertiary/aromatic N) is 1. The van der Waals surface area contributed by atoms with Gasteiger partial charge in [-0.15, -0.1) is 0 Å². The summed E-state index contributed by atoms with van der Waals surface area (Å²) in [7, 11) is -3.05. The van der Waals surface area contributed by atoms with Gasteiger partial charge < -0.3 is 0 Å². The Bertz CT molecular complexity index is 638. The molecule has 7 heteroatoms. The number of nitrogens with one attached hydrogen (secondary N) is 1. The van der Waals surface area contributed by atoms with Crippen molar-refractivity contribution in [3.63, 3.8) is 0 Å². The first kappa shape index (κ1) is 15.2. The number of hydrazone groups is 1. The van der Waals surface area contributed by atoms with E-state index in [4.69, 9.17) is 0 Å². The second-order valence-electron chi connectivity index (χ2n) is 4.78. The van der Waals surface area contributed by atoms with Crippen LogP contribution in [0.5, 0.6) is 0 Å². The van der Waals surface area contributed by atoms with E-state index >= 15 is 0 Å². The van der Waals surface area contributed by atoms with E-state index in [0.717, 1.165) is 10.0 Å². The van der Waals surface area contributed by atoms with Gasteiger partial charge in [0.2, 0.25) is 5.91 Å². The van der Waals surface area contributed by atoms with Crippen LogP contribution in [0.3, 0.4) is 0 Å². The average molecular weight is 359 g/mol.